The van der Waals surface area contributed by atoms with E-state index < -0.39 is 0 Å². The van der Waals surface area contributed by atoms with E-state index in [9.17, 15) is 0 Å². The predicted molar refractivity (Wildman–Crippen MR) is 124 cm³/mol. The third kappa shape index (κ3) is 4.02. The number of hydrogen-bond acceptors (Lipinski definition) is 2. The third-order valence-corrected chi connectivity index (χ3v) is 9.24. The molecule has 30 heavy (non-hydrogen) atoms. The van der Waals surface area contributed by atoms with Gasteiger partial charge in [-0.1, -0.05) is 49.2 Å². The Morgan fingerprint density at radius 2 is 1.90 bits per heavy atom. The van der Waals surface area contributed by atoms with Gasteiger partial charge in [0.15, 0.2) is 0 Å². The molecule has 3 fully saturated rings. The largest absolute Gasteiger partial charge is 0.381 e. The van der Waals surface area contributed by atoms with Crippen LogP contribution in [-0.2, 0) is 16.1 Å². The molecule has 1 aromatic rings. The molecule has 7 atom stereocenters. The molecule has 2 nitrogen and oxygen atoms in total. The summed E-state index contributed by atoms with van der Waals surface area (Å²) >= 11 is 0. The molecular formula is C28H42O2. The molecule has 3 aliphatic carbocycles. The molecule has 0 N–H and O–H groups in total. The highest BCUT2D eigenvalue weighted by Crippen LogP contribution is 2.65. The van der Waals surface area contributed by atoms with Crippen molar-refractivity contribution in [2.24, 2.45) is 29.1 Å². The van der Waals surface area contributed by atoms with Gasteiger partial charge < -0.3 is 9.47 Å². The van der Waals surface area contributed by atoms with Crippen molar-refractivity contribution in [3.05, 3.63) is 48.0 Å². The highest BCUT2D eigenvalue weighted by Gasteiger charge is 2.61. The topological polar surface area (TPSA) is 18.5 Å². The Bertz CT molecular complexity index is 727. The lowest BCUT2D eigenvalue weighted by molar-refractivity contribution is -0.219. The fourth-order valence-corrected chi connectivity index (χ4v) is 7.58. The fraction of sp³-hybridized carbons (Fsp3) is 0.714. The maximum absolute atomic E-state index is 6.82. The molecule has 3 aliphatic rings. The highest BCUT2D eigenvalue weighted by molar-refractivity contribution is 5.15. The molecule has 0 aliphatic heterocycles. The molecule has 0 amide bonds. The SMILES string of the molecule is C=C(C)CC1CCC2(CC)CCC(C)(OCc3ccccc3)C3CC(OC)CC1C32. The van der Waals surface area contributed by atoms with Crippen LogP contribution in [0, 0.1) is 29.1 Å². The minimum absolute atomic E-state index is 0.0558. The number of benzene rings is 1. The van der Waals surface area contributed by atoms with E-state index >= 15 is 0 Å². The minimum atomic E-state index is -0.0558. The van der Waals surface area contributed by atoms with Crippen LogP contribution in [0.5, 0.6) is 0 Å². The van der Waals surface area contributed by atoms with E-state index in [2.05, 4.69) is 57.7 Å². The Kier molecular flexibility index (Phi) is 6.47. The summed E-state index contributed by atoms with van der Waals surface area (Å²) in [6, 6.07) is 10.7. The molecule has 0 radical (unpaired) electrons. The van der Waals surface area contributed by atoms with Crippen molar-refractivity contribution in [3.63, 3.8) is 0 Å². The maximum atomic E-state index is 6.82. The van der Waals surface area contributed by atoms with Crippen molar-refractivity contribution in [1.82, 2.24) is 0 Å². The van der Waals surface area contributed by atoms with Crippen LogP contribution in [0.15, 0.2) is 42.5 Å². The summed E-state index contributed by atoms with van der Waals surface area (Å²) in [6.07, 6.45) is 10.5. The quantitative estimate of drug-likeness (QED) is 0.443. The molecule has 7 unspecified atom stereocenters. The van der Waals surface area contributed by atoms with Gasteiger partial charge in [-0.3, -0.25) is 0 Å². The summed E-state index contributed by atoms with van der Waals surface area (Å²) in [7, 11) is 1.92. The molecule has 0 bridgehead atoms. The van der Waals surface area contributed by atoms with Crippen LogP contribution in [0.4, 0.5) is 0 Å². The van der Waals surface area contributed by atoms with Gasteiger partial charge in [0, 0.05) is 7.11 Å². The molecule has 3 saturated carbocycles. The molecule has 0 heterocycles. The van der Waals surface area contributed by atoms with Gasteiger partial charge in [-0.05, 0) is 93.4 Å². The first-order chi connectivity index (χ1) is 14.4. The molecule has 0 aromatic heterocycles. The van der Waals surface area contributed by atoms with Crippen LogP contribution < -0.4 is 0 Å². The summed E-state index contributed by atoms with van der Waals surface area (Å²) in [6.45, 7) is 12.1. The van der Waals surface area contributed by atoms with E-state index in [1.165, 1.54) is 56.1 Å². The molecular weight excluding hydrogens is 368 g/mol. The first-order valence-electron chi connectivity index (χ1n) is 12.3. The van der Waals surface area contributed by atoms with Crippen molar-refractivity contribution >= 4 is 0 Å². The zero-order valence-corrected chi connectivity index (χ0v) is 19.7. The van der Waals surface area contributed by atoms with Gasteiger partial charge in [0.2, 0.25) is 0 Å². The fourth-order valence-electron chi connectivity index (χ4n) is 7.58. The van der Waals surface area contributed by atoms with E-state index in [-0.39, 0.29) is 5.60 Å². The second kappa shape index (κ2) is 8.79. The highest BCUT2D eigenvalue weighted by atomic mass is 16.5. The van der Waals surface area contributed by atoms with Gasteiger partial charge in [0.05, 0.1) is 18.3 Å². The Morgan fingerprint density at radius 3 is 2.57 bits per heavy atom. The monoisotopic (exact) mass is 410 g/mol. The summed E-state index contributed by atoms with van der Waals surface area (Å²) in [5, 5.41) is 0. The standard InChI is InChI=1S/C28H42O2/c1-6-28-13-12-22(16-20(2)3)24-17-23(29-5)18-25(26(24)28)27(4,14-15-28)30-19-21-10-8-7-9-11-21/h7-11,22-26H,2,6,12-19H2,1,3-5H3. The maximum Gasteiger partial charge on any atom is 0.0724 e. The van der Waals surface area contributed by atoms with Crippen LogP contribution in [0.25, 0.3) is 0 Å². The lowest BCUT2D eigenvalue weighted by Gasteiger charge is -2.64. The molecule has 4 rings (SSSR count). The van der Waals surface area contributed by atoms with Crippen LogP contribution >= 0.6 is 0 Å². The van der Waals surface area contributed by atoms with Crippen LogP contribution in [-0.4, -0.2) is 18.8 Å². The molecule has 2 heteroatoms. The lowest BCUT2D eigenvalue weighted by Crippen LogP contribution is -2.61. The smallest absolute Gasteiger partial charge is 0.0724 e. The van der Waals surface area contributed by atoms with Gasteiger partial charge in [-0.15, -0.1) is 6.58 Å². The zero-order chi connectivity index (χ0) is 21.4. The number of allylic oxidation sites excluding steroid dienone is 1. The second-order valence-corrected chi connectivity index (χ2v) is 10.9. The van der Waals surface area contributed by atoms with Gasteiger partial charge in [0.25, 0.3) is 0 Å². The summed E-state index contributed by atoms with van der Waals surface area (Å²) < 4.78 is 12.8. The average molecular weight is 411 g/mol. The third-order valence-electron chi connectivity index (χ3n) is 9.24. The number of hydrogen-bond donors (Lipinski definition) is 0. The first-order valence-corrected chi connectivity index (χ1v) is 12.3. The number of ether oxygens (including phenoxy) is 2. The van der Waals surface area contributed by atoms with E-state index in [4.69, 9.17) is 9.47 Å². The Morgan fingerprint density at radius 1 is 1.13 bits per heavy atom. The van der Waals surface area contributed by atoms with Crippen LogP contribution in [0.3, 0.4) is 0 Å². The second-order valence-electron chi connectivity index (χ2n) is 10.9. The van der Waals surface area contributed by atoms with E-state index in [0.29, 0.717) is 17.4 Å². The van der Waals surface area contributed by atoms with Crippen molar-refractivity contribution in [2.75, 3.05) is 7.11 Å². The van der Waals surface area contributed by atoms with Gasteiger partial charge in [0.1, 0.15) is 0 Å². The molecule has 0 spiro atoms. The molecule has 166 valence electrons. The Labute approximate surface area is 184 Å². The van der Waals surface area contributed by atoms with E-state index in [1.807, 2.05) is 7.11 Å². The first kappa shape index (κ1) is 22.1. The van der Waals surface area contributed by atoms with Gasteiger partial charge >= 0.3 is 0 Å². The van der Waals surface area contributed by atoms with Gasteiger partial charge in [-0.2, -0.15) is 0 Å². The van der Waals surface area contributed by atoms with Crippen molar-refractivity contribution in [3.8, 4) is 0 Å². The van der Waals surface area contributed by atoms with Crippen LogP contribution in [0.2, 0.25) is 0 Å². The van der Waals surface area contributed by atoms with E-state index in [1.54, 1.807) is 0 Å². The van der Waals surface area contributed by atoms with E-state index in [0.717, 1.165) is 30.8 Å². The van der Waals surface area contributed by atoms with Crippen LogP contribution in [0.1, 0.15) is 77.7 Å². The summed E-state index contributed by atoms with van der Waals surface area (Å²) in [5.41, 5.74) is 3.08. The molecule has 0 saturated heterocycles. The minimum Gasteiger partial charge on any atom is -0.381 e. The Hall–Kier alpha value is -1.12. The normalized spacial score (nSPS) is 40.6. The van der Waals surface area contributed by atoms with Crippen molar-refractivity contribution in [1.29, 1.82) is 0 Å². The zero-order valence-electron chi connectivity index (χ0n) is 19.7. The summed E-state index contributed by atoms with van der Waals surface area (Å²) in [4.78, 5) is 0. The number of rotatable bonds is 7. The summed E-state index contributed by atoms with van der Waals surface area (Å²) in [5.74, 6) is 2.87. The average Bonchev–Trinajstić information content (AvgIpc) is 2.77. The predicted octanol–water partition coefficient (Wildman–Crippen LogP) is 7.19. The van der Waals surface area contributed by atoms with Crippen molar-refractivity contribution in [2.45, 2.75) is 90.4 Å². The Balaban J connectivity index is 1.64. The van der Waals surface area contributed by atoms with Gasteiger partial charge in [-0.25, -0.2) is 0 Å². The number of methoxy groups -OCH3 is 1. The molecule has 1 aromatic carbocycles. The van der Waals surface area contributed by atoms with Crippen molar-refractivity contribution < 1.29 is 9.47 Å². The lowest BCUT2D eigenvalue weighted by atomic mass is 9.43.